The smallest absolute Gasteiger partial charge is 0.305 e. The first-order chi connectivity index (χ1) is 18.3. The zero-order valence-corrected chi connectivity index (χ0v) is 22.2. The minimum atomic E-state index is -2.25. The summed E-state index contributed by atoms with van der Waals surface area (Å²) in [5, 5.41) is 57.4. The molecular formula is C25H40N4O10. The summed E-state index contributed by atoms with van der Waals surface area (Å²) in [5.74, 6) is -3.95. The van der Waals surface area contributed by atoms with Gasteiger partial charge in [-0.1, -0.05) is 44.2 Å². The van der Waals surface area contributed by atoms with Crippen LogP contribution >= 0.6 is 0 Å². The first-order valence-electron chi connectivity index (χ1n) is 12.4. The largest absolute Gasteiger partial charge is 0.481 e. The summed E-state index contributed by atoms with van der Waals surface area (Å²) in [4.78, 5) is 49.1. The van der Waals surface area contributed by atoms with Gasteiger partial charge < -0.3 is 52.0 Å². The van der Waals surface area contributed by atoms with Gasteiger partial charge in [-0.15, -0.1) is 0 Å². The quantitative estimate of drug-likeness (QED) is 0.0962. The van der Waals surface area contributed by atoms with E-state index in [4.69, 9.17) is 10.5 Å². The summed E-state index contributed by atoms with van der Waals surface area (Å²) in [6.07, 6.45) is -6.81. The van der Waals surface area contributed by atoms with Crippen molar-refractivity contribution in [1.82, 2.24) is 16.0 Å². The highest BCUT2D eigenvalue weighted by atomic mass is 16.5. The number of methoxy groups -OCH3 is 1. The van der Waals surface area contributed by atoms with E-state index in [0.29, 0.717) is 5.56 Å². The summed E-state index contributed by atoms with van der Waals surface area (Å²) in [6, 6.07) is 3.32. The zero-order valence-electron chi connectivity index (χ0n) is 22.2. The van der Waals surface area contributed by atoms with Gasteiger partial charge in [-0.25, -0.2) is 0 Å². The summed E-state index contributed by atoms with van der Waals surface area (Å²) < 4.78 is 4.83. The van der Waals surface area contributed by atoms with Crippen LogP contribution in [-0.2, 0) is 23.9 Å². The van der Waals surface area contributed by atoms with Crippen molar-refractivity contribution in [2.75, 3.05) is 20.3 Å². The van der Waals surface area contributed by atoms with E-state index in [-0.39, 0.29) is 18.9 Å². The highest BCUT2D eigenvalue weighted by Crippen LogP contribution is 2.17. The van der Waals surface area contributed by atoms with Crippen LogP contribution in [0.2, 0.25) is 0 Å². The Kier molecular flexibility index (Phi) is 14.5. The minimum Gasteiger partial charge on any atom is -0.481 e. The lowest BCUT2D eigenvalue weighted by atomic mass is 9.98. The first-order valence-corrected chi connectivity index (χ1v) is 12.4. The van der Waals surface area contributed by atoms with Crippen LogP contribution in [0.5, 0.6) is 0 Å². The molecule has 1 aromatic rings. The number of ether oxygens (including phenoxy) is 1. The SMILES string of the molecule is COCC(N)C(=O)NC(CC(C)C)C(=O)NC(CO)C(O)C(O)C(O)C(=O)NC(CC(=O)O)c1ccccc1. The second-order valence-corrected chi connectivity index (χ2v) is 9.55. The Morgan fingerprint density at radius 2 is 1.54 bits per heavy atom. The standard InChI is InChI=1S/C25H40N4O10/c1-13(2)9-17(28-23(36)15(26)12-39-3)24(37)29-18(11-30)20(33)21(34)22(35)25(38)27-16(10-19(31)32)14-7-5-4-6-8-14/h4-8,13,15-18,20-22,30,33-35H,9-12,26H2,1-3H3,(H,27,38)(H,28,36)(H,29,37)(H,31,32). The number of aliphatic hydroxyl groups excluding tert-OH is 4. The molecule has 7 atom stereocenters. The Hall–Kier alpha value is -3.14. The van der Waals surface area contributed by atoms with Gasteiger partial charge in [-0.05, 0) is 17.9 Å². The number of carboxylic acid groups (broad SMARTS) is 1. The zero-order chi connectivity index (χ0) is 29.7. The lowest BCUT2D eigenvalue weighted by Gasteiger charge is -2.31. The molecule has 0 aliphatic rings. The fourth-order valence-corrected chi connectivity index (χ4v) is 3.71. The molecule has 0 saturated heterocycles. The molecule has 0 radical (unpaired) electrons. The third-order valence-electron chi connectivity index (χ3n) is 5.80. The van der Waals surface area contributed by atoms with Crippen molar-refractivity contribution in [3.05, 3.63) is 35.9 Å². The maximum absolute atomic E-state index is 12.9. The highest BCUT2D eigenvalue weighted by molar-refractivity contribution is 5.90. The molecule has 0 aliphatic heterocycles. The number of amides is 3. The number of hydrogen-bond donors (Lipinski definition) is 9. The first kappa shape index (κ1) is 33.9. The maximum atomic E-state index is 12.9. The molecule has 0 saturated carbocycles. The van der Waals surface area contributed by atoms with E-state index in [1.165, 1.54) is 7.11 Å². The van der Waals surface area contributed by atoms with Gasteiger partial charge in [0.1, 0.15) is 24.3 Å². The number of nitrogens with two attached hydrogens (primary N) is 1. The number of carbonyl (C=O) groups excluding carboxylic acids is 3. The number of aliphatic carboxylic acids is 1. The molecule has 0 bridgehead atoms. The molecule has 39 heavy (non-hydrogen) atoms. The Morgan fingerprint density at radius 1 is 0.923 bits per heavy atom. The number of rotatable bonds is 17. The molecule has 7 unspecified atom stereocenters. The van der Waals surface area contributed by atoms with Crippen molar-refractivity contribution < 1.29 is 49.4 Å². The maximum Gasteiger partial charge on any atom is 0.305 e. The molecule has 0 aromatic heterocycles. The number of benzene rings is 1. The molecule has 0 heterocycles. The van der Waals surface area contributed by atoms with E-state index in [9.17, 15) is 44.7 Å². The van der Waals surface area contributed by atoms with Gasteiger partial charge in [-0.3, -0.25) is 19.2 Å². The molecule has 3 amide bonds. The van der Waals surface area contributed by atoms with E-state index in [1.54, 1.807) is 44.2 Å². The summed E-state index contributed by atoms with van der Waals surface area (Å²) in [6.45, 7) is 2.61. The fraction of sp³-hybridized carbons (Fsp3) is 0.600. The highest BCUT2D eigenvalue weighted by Gasteiger charge is 2.37. The fourth-order valence-electron chi connectivity index (χ4n) is 3.71. The molecule has 10 N–H and O–H groups in total. The average molecular weight is 557 g/mol. The third kappa shape index (κ3) is 11.2. The number of aliphatic hydroxyl groups is 4. The monoisotopic (exact) mass is 556 g/mol. The molecule has 1 aromatic carbocycles. The molecule has 14 nitrogen and oxygen atoms in total. The van der Waals surface area contributed by atoms with Gasteiger partial charge in [0.2, 0.25) is 11.8 Å². The molecule has 0 aliphatic carbocycles. The second kappa shape index (κ2) is 16.7. The van der Waals surface area contributed by atoms with Gasteiger partial charge in [0.25, 0.3) is 5.91 Å². The average Bonchev–Trinajstić information content (AvgIpc) is 2.89. The lowest BCUT2D eigenvalue weighted by molar-refractivity contribution is -0.145. The number of hydrogen-bond acceptors (Lipinski definition) is 10. The number of carbonyl (C=O) groups is 4. The van der Waals surface area contributed by atoms with Crippen LogP contribution in [0.25, 0.3) is 0 Å². The van der Waals surface area contributed by atoms with Crippen LogP contribution in [0, 0.1) is 5.92 Å². The van der Waals surface area contributed by atoms with Gasteiger partial charge in [0.15, 0.2) is 6.10 Å². The van der Waals surface area contributed by atoms with E-state index in [0.717, 1.165) is 0 Å². The van der Waals surface area contributed by atoms with E-state index in [1.807, 2.05) is 0 Å². The minimum absolute atomic E-state index is 0.0586. The van der Waals surface area contributed by atoms with Gasteiger partial charge in [-0.2, -0.15) is 0 Å². The van der Waals surface area contributed by atoms with Gasteiger partial charge in [0.05, 0.1) is 31.7 Å². The normalized spacial score (nSPS) is 16.7. The van der Waals surface area contributed by atoms with Crippen LogP contribution < -0.4 is 21.7 Å². The van der Waals surface area contributed by atoms with Crippen molar-refractivity contribution >= 4 is 23.7 Å². The number of carboxylic acids is 1. The Bertz CT molecular complexity index is 933. The summed E-state index contributed by atoms with van der Waals surface area (Å²) in [7, 11) is 1.35. The van der Waals surface area contributed by atoms with E-state index >= 15 is 0 Å². The van der Waals surface area contributed by atoms with Gasteiger partial charge >= 0.3 is 5.97 Å². The Balaban J connectivity index is 2.94. The van der Waals surface area contributed by atoms with E-state index < -0.39 is 79.2 Å². The van der Waals surface area contributed by atoms with Crippen molar-refractivity contribution in [1.29, 1.82) is 0 Å². The summed E-state index contributed by atoms with van der Waals surface area (Å²) >= 11 is 0. The predicted molar refractivity (Wildman–Crippen MR) is 138 cm³/mol. The molecule has 1 rings (SSSR count). The van der Waals surface area contributed by atoms with Crippen LogP contribution in [0.4, 0.5) is 0 Å². The molecular weight excluding hydrogens is 516 g/mol. The molecule has 14 heteroatoms. The van der Waals surface area contributed by atoms with Crippen LogP contribution in [0.15, 0.2) is 30.3 Å². The Labute approximate surface area is 226 Å². The third-order valence-corrected chi connectivity index (χ3v) is 5.80. The lowest BCUT2D eigenvalue weighted by Crippen LogP contribution is -2.60. The molecule has 0 spiro atoms. The van der Waals surface area contributed by atoms with Crippen LogP contribution in [0.3, 0.4) is 0 Å². The number of nitrogens with one attached hydrogen (secondary N) is 3. The van der Waals surface area contributed by atoms with E-state index in [2.05, 4.69) is 16.0 Å². The second-order valence-electron chi connectivity index (χ2n) is 9.55. The molecule has 220 valence electrons. The Morgan fingerprint density at radius 3 is 2.05 bits per heavy atom. The predicted octanol–water partition coefficient (Wildman–Crippen LogP) is -2.62. The molecule has 0 fully saturated rings. The van der Waals surface area contributed by atoms with Crippen molar-refractivity contribution in [3.8, 4) is 0 Å². The van der Waals surface area contributed by atoms with Gasteiger partial charge in [0, 0.05) is 7.11 Å². The summed E-state index contributed by atoms with van der Waals surface area (Å²) in [5.41, 5.74) is 6.13. The van der Waals surface area contributed by atoms with Crippen molar-refractivity contribution in [3.63, 3.8) is 0 Å². The topological polar surface area (TPSA) is 241 Å². The van der Waals surface area contributed by atoms with Crippen LogP contribution in [-0.4, -0.2) is 106 Å². The van der Waals surface area contributed by atoms with Crippen molar-refractivity contribution in [2.45, 2.75) is 69.2 Å². The van der Waals surface area contributed by atoms with Crippen molar-refractivity contribution in [2.24, 2.45) is 11.7 Å². The van der Waals surface area contributed by atoms with Crippen LogP contribution in [0.1, 0.15) is 38.3 Å².